The highest BCUT2D eigenvalue weighted by atomic mass is 16.5. The van der Waals surface area contributed by atoms with Gasteiger partial charge in [0.05, 0.1) is 17.7 Å². The summed E-state index contributed by atoms with van der Waals surface area (Å²) in [6, 6.07) is 5.47. The van der Waals surface area contributed by atoms with Crippen LogP contribution in [0.1, 0.15) is 62.4 Å². The van der Waals surface area contributed by atoms with Crippen LogP contribution in [0.25, 0.3) is 0 Å². The SMILES string of the molecule is CCCc1c(OC(C)CCCC#N)ccc(C(C)=O)c1O. The van der Waals surface area contributed by atoms with Gasteiger partial charge in [-0.05, 0) is 45.2 Å². The van der Waals surface area contributed by atoms with Gasteiger partial charge in [0, 0.05) is 12.0 Å². The topological polar surface area (TPSA) is 70.3 Å². The Balaban J connectivity index is 2.93. The van der Waals surface area contributed by atoms with E-state index in [0.717, 1.165) is 19.3 Å². The van der Waals surface area contributed by atoms with E-state index in [1.165, 1.54) is 6.92 Å². The molecular formula is C17H23NO3. The zero-order chi connectivity index (χ0) is 15.8. The summed E-state index contributed by atoms with van der Waals surface area (Å²) in [5.41, 5.74) is 1.03. The fourth-order valence-electron chi connectivity index (χ4n) is 2.25. The van der Waals surface area contributed by atoms with Crippen molar-refractivity contribution >= 4 is 5.78 Å². The van der Waals surface area contributed by atoms with Crippen LogP contribution in [-0.4, -0.2) is 17.0 Å². The molecule has 0 radical (unpaired) electrons. The lowest BCUT2D eigenvalue weighted by Gasteiger charge is -2.19. The van der Waals surface area contributed by atoms with Crippen molar-refractivity contribution in [3.63, 3.8) is 0 Å². The molecule has 0 spiro atoms. The number of carbonyl (C=O) groups is 1. The monoisotopic (exact) mass is 289 g/mol. The fraction of sp³-hybridized carbons (Fsp3) is 0.529. The summed E-state index contributed by atoms with van der Waals surface area (Å²) in [5, 5.41) is 18.8. The number of Topliss-reactive ketones (excluding diaryl/α,β-unsaturated/α-hetero) is 1. The second-order valence-corrected chi connectivity index (χ2v) is 5.22. The van der Waals surface area contributed by atoms with Gasteiger partial charge in [-0.15, -0.1) is 0 Å². The molecule has 1 unspecified atom stereocenters. The van der Waals surface area contributed by atoms with E-state index in [2.05, 4.69) is 6.07 Å². The first-order valence-electron chi connectivity index (χ1n) is 7.40. The molecule has 1 atom stereocenters. The van der Waals surface area contributed by atoms with Crippen molar-refractivity contribution in [3.05, 3.63) is 23.3 Å². The first kappa shape index (κ1) is 17.0. The molecule has 0 saturated heterocycles. The molecule has 4 heteroatoms. The van der Waals surface area contributed by atoms with Gasteiger partial charge in [-0.1, -0.05) is 13.3 Å². The van der Waals surface area contributed by atoms with E-state index in [1.807, 2.05) is 13.8 Å². The van der Waals surface area contributed by atoms with E-state index >= 15 is 0 Å². The van der Waals surface area contributed by atoms with Crippen molar-refractivity contribution in [2.45, 2.75) is 59.0 Å². The Morgan fingerprint density at radius 1 is 1.48 bits per heavy atom. The Morgan fingerprint density at radius 3 is 2.76 bits per heavy atom. The van der Waals surface area contributed by atoms with Crippen LogP contribution in [0, 0.1) is 11.3 Å². The molecule has 4 nitrogen and oxygen atoms in total. The van der Waals surface area contributed by atoms with E-state index in [1.54, 1.807) is 12.1 Å². The smallest absolute Gasteiger partial charge is 0.163 e. The first-order valence-corrected chi connectivity index (χ1v) is 7.40. The van der Waals surface area contributed by atoms with Gasteiger partial charge in [0.2, 0.25) is 0 Å². The number of benzene rings is 1. The molecule has 0 aliphatic heterocycles. The summed E-state index contributed by atoms with van der Waals surface area (Å²) in [6.07, 6.45) is 3.58. The lowest BCUT2D eigenvalue weighted by molar-refractivity contribution is 0.101. The molecule has 0 aliphatic rings. The number of unbranched alkanes of at least 4 members (excludes halogenated alkanes) is 1. The van der Waals surface area contributed by atoms with Crippen molar-refractivity contribution in [2.24, 2.45) is 0 Å². The number of phenolic OH excluding ortho intramolecular Hbond substituents is 1. The summed E-state index contributed by atoms with van der Waals surface area (Å²) in [7, 11) is 0. The normalized spacial score (nSPS) is 11.7. The average molecular weight is 289 g/mol. The number of nitrogens with zero attached hydrogens (tertiary/aromatic N) is 1. The lowest BCUT2D eigenvalue weighted by Crippen LogP contribution is -2.13. The van der Waals surface area contributed by atoms with Crippen LogP contribution in [0.15, 0.2) is 12.1 Å². The molecule has 1 aromatic carbocycles. The number of rotatable bonds is 8. The molecule has 0 aliphatic carbocycles. The number of aromatic hydroxyl groups is 1. The van der Waals surface area contributed by atoms with Gasteiger partial charge in [-0.2, -0.15) is 5.26 Å². The number of ketones is 1. The highest BCUT2D eigenvalue weighted by Crippen LogP contribution is 2.33. The van der Waals surface area contributed by atoms with Crippen molar-refractivity contribution in [2.75, 3.05) is 0 Å². The minimum atomic E-state index is -0.154. The third kappa shape index (κ3) is 4.78. The Labute approximate surface area is 126 Å². The predicted molar refractivity (Wildman–Crippen MR) is 81.7 cm³/mol. The van der Waals surface area contributed by atoms with Gasteiger partial charge in [0.15, 0.2) is 5.78 Å². The highest BCUT2D eigenvalue weighted by Gasteiger charge is 2.17. The zero-order valence-corrected chi connectivity index (χ0v) is 13.0. The third-order valence-electron chi connectivity index (χ3n) is 3.35. The Hall–Kier alpha value is -2.02. The summed E-state index contributed by atoms with van der Waals surface area (Å²) in [5.74, 6) is 0.508. The lowest BCUT2D eigenvalue weighted by atomic mass is 10.0. The highest BCUT2D eigenvalue weighted by molar-refractivity contribution is 5.97. The van der Waals surface area contributed by atoms with Gasteiger partial charge in [0.1, 0.15) is 11.5 Å². The van der Waals surface area contributed by atoms with Gasteiger partial charge < -0.3 is 9.84 Å². The molecule has 1 rings (SSSR count). The van der Waals surface area contributed by atoms with Crippen molar-refractivity contribution in [1.82, 2.24) is 0 Å². The van der Waals surface area contributed by atoms with Crippen LogP contribution in [0.5, 0.6) is 11.5 Å². The quantitative estimate of drug-likeness (QED) is 0.580. The van der Waals surface area contributed by atoms with Crippen LogP contribution in [-0.2, 0) is 6.42 Å². The standard InChI is InChI=1S/C17H23NO3/c1-4-7-15-16(21-12(2)8-5-6-11-18)10-9-14(13(3)19)17(15)20/h9-10,12,20H,4-8H2,1-3H3. The third-order valence-corrected chi connectivity index (χ3v) is 3.35. The maximum absolute atomic E-state index is 11.5. The number of phenols is 1. The molecule has 0 saturated carbocycles. The Kier molecular flexibility index (Phi) is 6.74. The minimum Gasteiger partial charge on any atom is -0.507 e. The second kappa shape index (κ2) is 8.31. The van der Waals surface area contributed by atoms with E-state index < -0.39 is 0 Å². The molecule has 0 fully saturated rings. The molecule has 1 aromatic rings. The van der Waals surface area contributed by atoms with Gasteiger partial charge in [-0.3, -0.25) is 4.79 Å². The number of nitriles is 1. The van der Waals surface area contributed by atoms with E-state index in [9.17, 15) is 9.90 Å². The number of ether oxygens (including phenoxy) is 1. The number of hydrogen-bond acceptors (Lipinski definition) is 4. The molecule has 21 heavy (non-hydrogen) atoms. The van der Waals surface area contributed by atoms with Crippen LogP contribution < -0.4 is 4.74 Å². The van der Waals surface area contributed by atoms with Crippen molar-refractivity contribution in [3.8, 4) is 17.6 Å². The van der Waals surface area contributed by atoms with Crippen LogP contribution in [0.4, 0.5) is 0 Å². The zero-order valence-electron chi connectivity index (χ0n) is 13.0. The second-order valence-electron chi connectivity index (χ2n) is 5.22. The van der Waals surface area contributed by atoms with Crippen LogP contribution in [0.3, 0.4) is 0 Å². The molecule has 0 amide bonds. The molecule has 0 heterocycles. The van der Waals surface area contributed by atoms with Crippen molar-refractivity contribution in [1.29, 1.82) is 5.26 Å². The number of hydrogen-bond donors (Lipinski definition) is 1. The molecule has 1 N–H and O–H groups in total. The van der Waals surface area contributed by atoms with E-state index in [-0.39, 0.29) is 17.6 Å². The van der Waals surface area contributed by atoms with Crippen LogP contribution >= 0.6 is 0 Å². The summed E-state index contributed by atoms with van der Waals surface area (Å²) < 4.78 is 5.88. The number of carbonyl (C=O) groups excluding carboxylic acids is 1. The summed E-state index contributed by atoms with van der Waals surface area (Å²) >= 11 is 0. The van der Waals surface area contributed by atoms with Crippen molar-refractivity contribution < 1.29 is 14.6 Å². The maximum Gasteiger partial charge on any atom is 0.163 e. The molecule has 0 aromatic heterocycles. The average Bonchev–Trinajstić information content (AvgIpc) is 2.42. The summed E-state index contributed by atoms with van der Waals surface area (Å²) in [6.45, 7) is 5.40. The van der Waals surface area contributed by atoms with Gasteiger partial charge in [0.25, 0.3) is 0 Å². The molecular weight excluding hydrogens is 266 g/mol. The first-order chi connectivity index (χ1) is 10.0. The van der Waals surface area contributed by atoms with E-state index in [0.29, 0.717) is 29.7 Å². The minimum absolute atomic E-state index is 0.0310. The van der Waals surface area contributed by atoms with Gasteiger partial charge >= 0.3 is 0 Å². The fourth-order valence-corrected chi connectivity index (χ4v) is 2.25. The molecule has 114 valence electrons. The largest absolute Gasteiger partial charge is 0.507 e. The Morgan fingerprint density at radius 2 is 2.19 bits per heavy atom. The Bertz CT molecular complexity index is 532. The van der Waals surface area contributed by atoms with Gasteiger partial charge in [-0.25, -0.2) is 0 Å². The molecule has 0 bridgehead atoms. The van der Waals surface area contributed by atoms with E-state index in [4.69, 9.17) is 10.00 Å². The predicted octanol–water partition coefficient (Wildman–Crippen LogP) is 4.01. The maximum atomic E-state index is 11.5. The van der Waals surface area contributed by atoms with Crippen LogP contribution in [0.2, 0.25) is 0 Å². The summed E-state index contributed by atoms with van der Waals surface area (Å²) in [4.78, 5) is 11.5.